The topological polar surface area (TPSA) is 49.8 Å². The third-order valence-electron chi connectivity index (χ3n) is 1.50. The van der Waals surface area contributed by atoms with Crippen molar-refractivity contribution in [3.05, 3.63) is 0 Å². The van der Waals surface area contributed by atoms with Crippen LogP contribution in [0.25, 0.3) is 0 Å². The fourth-order valence-electron chi connectivity index (χ4n) is 0.703. The first-order valence-electron chi connectivity index (χ1n) is 3.38. The van der Waals surface area contributed by atoms with Crippen LogP contribution in [0, 0.1) is 0 Å². The highest BCUT2D eigenvalue weighted by atomic mass is 28.4. The van der Waals surface area contributed by atoms with E-state index >= 15 is 0 Å². The molecular weight excluding hydrogens is 162 g/mol. The van der Waals surface area contributed by atoms with Crippen LogP contribution in [0.5, 0.6) is 0 Å². The van der Waals surface area contributed by atoms with E-state index in [1.165, 1.54) is 4.90 Å². The lowest BCUT2D eigenvalue weighted by molar-refractivity contribution is 0.160. The number of nitrogens with zero attached hydrogens (tertiary/aromatic N) is 1. The van der Waals surface area contributed by atoms with Gasteiger partial charge in [0, 0.05) is 20.3 Å². The summed E-state index contributed by atoms with van der Waals surface area (Å²) in [5, 5.41) is 8.53. The van der Waals surface area contributed by atoms with E-state index in [9.17, 15) is 4.79 Å². The molecule has 0 aromatic heterocycles. The Morgan fingerprint density at radius 3 is 2.36 bits per heavy atom. The second-order valence-corrected chi connectivity index (χ2v) is 7.35. The van der Waals surface area contributed by atoms with Gasteiger partial charge in [0.15, 0.2) is 0 Å². The van der Waals surface area contributed by atoms with Crippen molar-refractivity contribution in [2.45, 2.75) is 13.1 Å². The summed E-state index contributed by atoms with van der Waals surface area (Å²) < 4.78 is 5.19. The minimum Gasteiger partial charge on any atom is -0.465 e. The summed E-state index contributed by atoms with van der Waals surface area (Å²) in [6.45, 7) is 3.96. The second kappa shape index (κ2) is 3.73. The summed E-state index contributed by atoms with van der Waals surface area (Å²) >= 11 is 0. The normalized spacial score (nSPS) is 11.3. The van der Waals surface area contributed by atoms with Crippen molar-refractivity contribution in [3.8, 4) is 0 Å². The zero-order valence-electron chi connectivity index (χ0n) is 7.42. The third-order valence-corrected chi connectivity index (χ3v) is 3.84. The second-order valence-electron chi connectivity index (χ2n) is 3.10. The van der Waals surface area contributed by atoms with Gasteiger partial charge in [0.2, 0.25) is 8.32 Å². The van der Waals surface area contributed by atoms with Crippen LogP contribution in [0.1, 0.15) is 0 Å². The summed E-state index contributed by atoms with van der Waals surface area (Å²) in [4.78, 5) is 11.6. The maximum atomic E-state index is 10.4. The third kappa shape index (κ3) is 4.00. The first-order valence-corrected chi connectivity index (χ1v) is 6.50. The Morgan fingerprint density at radius 1 is 1.64 bits per heavy atom. The van der Waals surface area contributed by atoms with Crippen molar-refractivity contribution in [2.24, 2.45) is 0 Å². The Morgan fingerprint density at radius 2 is 2.09 bits per heavy atom. The maximum absolute atomic E-state index is 10.4. The van der Waals surface area contributed by atoms with Gasteiger partial charge < -0.3 is 14.4 Å². The summed E-state index contributed by atoms with van der Waals surface area (Å²) in [6, 6.07) is 0. The number of hydrogen-bond donors (Lipinski definition) is 1. The van der Waals surface area contributed by atoms with E-state index in [1.807, 2.05) is 13.1 Å². The minimum absolute atomic E-state index is 0.513. The van der Waals surface area contributed by atoms with Crippen LogP contribution in [-0.4, -0.2) is 44.7 Å². The largest absolute Gasteiger partial charge is 0.465 e. The Bertz CT molecular complexity index is 149. The fraction of sp³-hybridized carbons (Fsp3) is 0.833. The molecule has 0 saturated heterocycles. The lowest BCUT2D eigenvalue weighted by Gasteiger charge is -2.24. The van der Waals surface area contributed by atoms with E-state index in [0.717, 1.165) is 0 Å². The van der Waals surface area contributed by atoms with Gasteiger partial charge in [0.05, 0.1) is 0 Å². The Kier molecular flexibility index (Phi) is 3.54. The molecule has 0 aromatic rings. The van der Waals surface area contributed by atoms with Crippen molar-refractivity contribution in [3.63, 3.8) is 0 Å². The smallest absolute Gasteiger partial charge is 0.406 e. The first kappa shape index (κ1) is 10.4. The average Bonchev–Trinajstić information content (AvgIpc) is 1.87. The zero-order valence-corrected chi connectivity index (χ0v) is 8.42. The maximum Gasteiger partial charge on any atom is 0.406 e. The molecular formula is C6H15NO3Si. The van der Waals surface area contributed by atoms with E-state index in [2.05, 4.69) is 0 Å². The van der Waals surface area contributed by atoms with Crippen molar-refractivity contribution < 1.29 is 14.3 Å². The number of amides is 1. The highest BCUT2D eigenvalue weighted by Crippen LogP contribution is 2.03. The molecule has 0 aliphatic carbocycles. The quantitative estimate of drug-likeness (QED) is 0.654. The van der Waals surface area contributed by atoms with Gasteiger partial charge in [0.1, 0.15) is 0 Å². The van der Waals surface area contributed by atoms with Gasteiger partial charge in [0.25, 0.3) is 0 Å². The Hall–Kier alpha value is -0.553. The van der Waals surface area contributed by atoms with Gasteiger partial charge in [-0.3, -0.25) is 0 Å². The molecule has 0 aromatic carbocycles. The first-order chi connectivity index (χ1) is 4.89. The van der Waals surface area contributed by atoms with Crippen molar-refractivity contribution in [1.82, 2.24) is 4.90 Å². The van der Waals surface area contributed by atoms with Crippen molar-refractivity contribution >= 4 is 14.4 Å². The predicted molar refractivity (Wildman–Crippen MR) is 45.1 cm³/mol. The molecule has 4 nitrogen and oxygen atoms in total. The standard InChI is InChI=1S/C6H15NO3Si/c1-7(6(8)9)5-11(3,4)10-2/h5H2,1-4H3,(H,8,9). The van der Waals surface area contributed by atoms with Gasteiger partial charge in [-0.15, -0.1) is 0 Å². The van der Waals surface area contributed by atoms with Gasteiger partial charge in [-0.2, -0.15) is 0 Å². The SMILES string of the molecule is CO[Si](C)(C)CN(C)C(=O)O. The van der Waals surface area contributed by atoms with Gasteiger partial charge in [-0.1, -0.05) is 0 Å². The van der Waals surface area contributed by atoms with Gasteiger partial charge in [-0.05, 0) is 13.1 Å². The summed E-state index contributed by atoms with van der Waals surface area (Å²) in [6.07, 6.45) is -0.388. The van der Waals surface area contributed by atoms with Crippen LogP contribution >= 0.6 is 0 Å². The molecule has 0 fully saturated rings. The van der Waals surface area contributed by atoms with E-state index in [1.54, 1.807) is 14.2 Å². The Balaban J connectivity index is 3.93. The molecule has 1 amide bonds. The monoisotopic (exact) mass is 177 g/mol. The Labute approximate surface area is 67.9 Å². The van der Waals surface area contributed by atoms with Crippen LogP contribution in [0.15, 0.2) is 0 Å². The molecule has 0 aliphatic heterocycles. The lowest BCUT2D eigenvalue weighted by atomic mass is 10.9. The van der Waals surface area contributed by atoms with Gasteiger partial charge in [-0.25, -0.2) is 4.79 Å². The van der Waals surface area contributed by atoms with Crippen LogP contribution in [0.2, 0.25) is 13.1 Å². The molecule has 66 valence electrons. The molecule has 0 saturated carbocycles. The van der Waals surface area contributed by atoms with E-state index in [4.69, 9.17) is 9.53 Å². The highest BCUT2D eigenvalue weighted by molar-refractivity contribution is 6.71. The zero-order chi connectivity index (χ0) is 9.07. The van der Waals surface area contributed by atoms with Gasteiger partial charge >= 0.3 is 6.09 Å². The number of hydrogen-bond acceptors (Lipinski definition) is 2. The highest BCUT2D eigenvalue weighted by Gasteiger charge is 2.24. The molecule has 1 N–H and O–H groups in total. The molecule has 0 bridgehead atoms. The minimum atomic E-state index is -1.76. The molecule has 0 radical (unpaired) electrons. The summed E-state index contributed by atoms with van der Waals surface area (Å²) in [5.41, 5.74) is 0. The number of rotatable bonds is 3. The fourth-order valence-corrected chi connectivity index (χ4v) is 2.11. The van der Waals surface area contributed by atoms with Crippen LogP contribution in [0.3, 0.4) is 0 Å². The average molecular weight is 177 g/mol. The van der Waals surface area contributed by atoms with Crippen LogP contribution < -0.4 is 0 Å². The molecule has 0 aliphatic rings. The van der Waals surface area contributed by atoms with E-state index < -0.39 is 14.4 Å². The molecule has 11 heavy (non-hydrogen) atoms. The molecule has 5 heteroatoms. The molecule has 0 rings (SSSR count). The van der Waals surface area contributed by atoms with Crippen molar-refractivity contribution in [1.29, 1.82) is 0 Å². The van der Waals surface area contributed by atoms with Crippen molar-refractivity contribution in [2.75, 3.05) is 20.3 Å². The molecule has 0 unspecified atom stereocenters. The molecule has 0 atom stereocenters. The molecule has 0 spiro atoms. The van der Waals surface area contributed by atoms with E-state index in [0.29, 0.717) is 6.17 Å². The number of carboxylic acid groups (broad SMARTS) is 1. The summed E-state index contributed by atoms with van der Waals surface area (Å²) in [5.74, 6) is 0. The van der Waals surface area contributed by atoms with Crippen LogP contribution in [0.4, 0.5) is 4.79 Å². The van der Waals surface area contributed by atoms with E-state index in [-0.39, 0.29) is 0 Å². The summed E-state index contributed by atoms with van der Waals surface area (Å²) in [7, 11) is 1.42. The number of carbonyl (C=O) groups is 1. The van der Waals surface area contributed by atoms with Crippen LogP contribution in [-0.2, 0) is 4.43 Å². The lowest BCUT2D eigenvalue weighted by Crippen LogP contribution is -2.44. The predicted octanol–water partition coefficient (Wildman–Crippen LogP) is 0.987. The molecule has 0 heterocycles.